The highest BCUT2D eigenvalue weighted by molar-refractivity contribution is 6.00. The van der Waals surface area contributed by atoms with Crippen molar-refractivity contribution in [1.29, 1.82) is 0 Å². The van der Waals surface area contributed by atoms with Crippen molar-refractivity contribution in [1.82, 2.24) is 0 Å². The van der Waals surface area contributed by atoms with Crippen molar-refractivity contribution in [3.05, 3.63) is 29.8 Å². The Balaban J connectivity index is 2.89. The normalized spacial score (nSPS) is 11.1. The van der Waals surface area contributed by atoms with E-state index < -0.39 is 5.97 Å². The number of aromatic hydroxyl groups is 1. The van der Waals surface area contributed by atoms with Crippen molar-refractivity contribution in [2.45, 2.75) is 13.8 Å². The molecule has 0 aliphatic carbocycles. The van der Waals surface area contributed by atoms with Crippen LogP contribution in [0.5, 0.6) is 5.75 Å². The van der Waals surface area contributed by atoms with Crippen LogP contribution in [-0.2, 0) is 9.63 Å². The van der Waals surface area contributed by atoms with Gasteiger partial charge in [-0.05, 0) is 19.1 Å². The van der Waals surface area contributed by atoms with Gasteiger partial charge in [-0.25, -0.2) is 4.79 Å². The summed E-state index contributed by atoms with van der Waals surface area (Å²) in [5, 5.41) is 13.0. The van der Waals surface area contributed by atoms with Gasteiger partial charge in [0.15, 0.2) is 0 Å². The summed E-state index contributed by atoms with van der Waals surface area (Å²) in [4.78, 5) is 14.9. The summed E-state index contributed by atoms with van der Waals surface area (Å²) >= 11 is 0. The highest BCUT2D eigenvalue weighted by Gasteiger charge is 2.03. The highest BCUT2D eigenvalue weighted by atomic mass is 16.7. The van der Waals surface area contributed by atoms with Crippen LogP contribution < -0.4 is 0 Å². The third kappa shape index (κ3) is 2.58. The van der Waals surface area contributed by atoms with Crippen molar-refractivity contribution >= 4 is 11.7 Å². The summed E-state index contributed by atoms with van der Waals surface area (Å²) in [5.74, 6) is -0.374. The molecule has 4 heteroatoms. The maximum absolute atomic E-state index is 10.5. The molecule has 1 N–H and O–H groups in total. The Morgan fingerprint density at radius 1 is 1.36 bits per heavy atom. The van der Waals surface area contributed by atoms with Gasteiger partial charge in [-0.3, -0.25) is 0 Å². The van der Waals surface area contributed by atoms with Crippen LogP contribution in [0.25, 0.3) is 0 Å². The molecule has 0 fully saturated rings. The van der Waals surface area contributed by atoms with E-state index in [0.717, 1.165) is 0 Å². The van der Waals surface area contributed by atoms with Gasteiger partial charge in [-0.15, -0.1) is 0 Å². The Kier molecular flexibility index (Phi) is 3.23. The van der Waals surface area contributed by atoms with E-state index in [1.165, 1.54) is 6.92 Å². The van der Waals surface area contributed by atoms with Gasteiger partial charge in [-0.1, -0.05) is 17.3 Å². The lowest BCUT2D eigenvalue weighted by atomic mass is 10.1. The average molecular weight is 193 g/mol. The van der Waals surface area contributed by atoms with Gasteiger partial charge in [0.2, 0.25) is 0 Å². The van der Waals surface area contributed by atoms with E-state index in [-0.39, 0.29) is 5.75 Å². The SMILES string of the molecule is CC(=O)ON=C(C)c1ccccc1O. The molecule has 0 spiro atoms. The van der Waals surface area contributed by atoms with E-state index in [9.17, 15) is 9.90 Å². The molecule has 0 radical (unpaired) electrons. The van der Waals surface area contributed by atoms with Crippen molar-refractivity contribution in [2.24, 2.45) is 5.16 Å². The molecule has 0 atom stereocenters. The van der Waals surface area contributed by atoms with Crippen LogP contribution in [0, 0.1) is 0 Å². The molecule has 0 saturated carbocycles. The van der Waals surface area contributed by atoms with Crippen molar-refractivity contribution in [3.8, 4) is 5.75 Å². The second kappa shape index (κ2) is 4.41. The van der Waals surface area contributed by atoms with Crippen LogP contribution in [0.15, 0.2) is 29.4 Å². The molecule has 4 nitrogen and oxygen atoms in total. The van der Waals surface area contributed by atoms with Crippen LogP contribution in [-0.4, -0.2) is 16.8 Å². The fourth-order valence-electron chi connectivity index (χ4n) is 0.962. The summed E-state index contributed by atoms with van der Waals surface area (Å²) in [6, 6.07) is 6.71. The number of hydrogen-bond donors (Lipinski definition) is 1. The van der Waals surface area contributed by atoms with Crippen LogP contribution in [0.1, 0.15) is 19.4 Å². The zero-order chi connectivity index (χ0) is 10.6. The zero-order valence-electron chi connectivity index (χ0n) is 8.02. The molecule has 0 saturated heterocycles. The first kappa shape index (κ1) is 10.2. The van der Waals surface area contributed by atoms with Crippen LogP contribution in [0.3, 0.4) is 0 Å². The number of para-hydroxylation sites is 1. The molecule has 0 aliphatic rings. The first-order chi connectivity index (χ1) is 6.61. The lowest BCUT2D eigenvalue weighted by Gasteiger charge is -2.01. The largest absolute Gasteiger partial charge is 0.507 e. The number of carbonyl (C=O) groups excluding carboxylic acids is 1. The lowest BCUT2D eigenvalue weighted by Crippen LogP contribution is -1.99. The third-order valence-corrected chi connectivity index (χ3v) is 1.60. The molecule has 1 aromatic carbocycles. The Bertz CT molecular complexity index is 371. The van der Waals surface area contributed by atoms with E-state index >= 15 is 0 Å². The molecule has 14 heavy (non-hydrogen) atoms. The molecule has 0 unspecified atom stereocenters. The van der Waals surface area contributed by atoms with E-state index in [2.05, 4.69) is 9.99 Å². The predicted octanol–water partition coefficient (Wildman–Crippen LogP) is 1.68. The second-order valence-electron chi connectivity index (χ2n) is 2.78. The Hall–Kier alpha value is -1.84. The fraction of sp³-hybridized carbons (Fsp3) is 0.200. The number of rotatable bonds is 2. The number of oxime groups is 1. The molecular weight excluding hydrogens is 182 g/mol. The van der Waals surface area contributed by atoms with Gasteiger partial charge in [0.05, 0.1) is 5.71 Å². The summed E-state index contributed by atoms with van der Waals surface area (Å²) in [5.41, 5.74) is 1.01. The van der Waals surface area contributed by atoms with E-state index in [1.54, 1.807) is 31.2 Å². The van der Waals surface area contributed by atoms with Gasteiger partial charge >= 0.3 is 5.97 Å². The number of nitrogens with zero attached hydrogens (tertiary/aromatic N) is 1. The molecule has 0 aromatic heterocycles. The van der Waals surface area contributed by atoms with Crippen LogP contribution in [0.2, 0.25) is 0 Å². The number of carbonyl (C=O) groups is 1. The molecular formula is C10H11NO3. The van der Waals surface area contributed by atoms with Gasteiger partial charge in [0.1, 0.15) is 5.75 Å². The molecule has 1 rings (SSSR count). The van der Waals surface area contributed by atoms with Gasteiger partial charge in [0, 0.05) is 12.5 Å². The second-order valence-corrected chi connectivity index (χ2v) is 2.78. The maximum Gasteiger partial charge on any atom is 0.331 e. The smallest absolute Gasteiger partial charge is 0.331 e. The molecule has 74 valence electrons. The average Bonchev–Trinajstić information content (AvgIpc) is 2.15. The predicted molar refractivity (Wildman–Crippen MR) is 52.1 cm³/mol. The maximum atomic E-state index is 10.5. The number of hydrogen-bond acceptors (Lipinski definition) is 4. The van der Waals surface area contributed by atoms with Gasteiger partial charge in [-0.2, -0.15) is 0 Å². The van der Waals surface area contributed by atoms with Crippen molar-refractivity contribution < 1.29 is 14.7 Å². The Morgan fingerprint density at radius 2 is 2.00 bits per heavy atom. The number of phenols is 1. The molecule has 0 amide bonds. The van der Waals surface area contributed by atoms with E-state index in [1.807, 2.05) is 0 Å². The third-order valence-electron chi connectivity index (χ3n) is 1.60. The fourth-order valence-corrected chi connectivity index (χ4v) is 0.962. The van der Waals surface area contributed by atoms with E-state index in [0.29, 0.717) is 11.3 Å². The zero-order valence-corrected chi connectivity index (χ0v) is 8.02. The van der Waals surface area contributed by atoms with Crippen LogP contribution >= 0.6 is 0 Å². The summed E-state index contributed by atoms with van der Waals surface area (Å²) in [6.07, 6.45) is 0. The Labute approximate surface area is 81.8 Å². The monoisotopic (exact) mass is 193 g/mol. The first-order valence-electron chi connectivity index (χ1n) is 4.12. The highest BCUT2D eigenvalue weighted by Crippen LogP contribution is 2.16. The van der Waals surface area contributed by atoms with Gasteiger partial charge in [0.25, 0.3) is 0 Å². The molecule has 0 aliphatic heterocycles. The summed E-state index contributed by atoms with van der Waals surface area (Å²) in [6.45, 7) is 2.92. The van der Waals surface area contributed by atoms with Crippen molar-refractivity contribution in [3.63, 3.8) is 0 Å². The van der Waals surface area contributed by atoms with Crippen LogP contribution in [0.4, 0.5) is 0 Å². The minimum absolute atomic E-state index is 0.112. The standard InChI is InChI=1S/C10H11NO3/c1-7(11-14-8(2)12)9-5-3-4-6-10(9)13/h3-6,13H,1-2H3. The first-order valence-corrected chi connectivity index (χ1v) is 4.12. The lowest BCUT2D eigenvalue weighted by molar-refractivity contribution is -0.140. The number of phenolic OH excluding ortho intramolecular Hbond substituents is 1. The van der Waals surface area contributed by atoms with Crippen molar-refractivity contribution in [2.75, 3.05) is 0 Å². The quantitative estimate of drug-likeness (QED) is 0.441. The van der Waals surface area contributed by atoms with Gasteiger partial charge < -0.3 is 9.94 Å². The minimum atomic E-state index is -0.486. The minimum Gasteiger partial charge on any atom is -0.507 e. The van der Waals surface area contributed by atoms with E-state index in [4.69, 9.17) is 0 Å². The number of benzene rings is 1. The topological polar surface area (TPSA) is 58.9 Å². The molecule has 0 bridgehead atoms. The Morgan fingerprint density at radius 3 is 2.57 bits per heavy atom. The summed E-state index contributed by atoms with van der Waals surface area (Å²) < 4.78 is 0. The summed E-state index contributed by atoms with van der Waals surface area (Å²) in [7, 11) is 0. The molecule has 0 heterocycles. The molecule has 1 aromatic rings.